The van der Waals surface area contributed by atoms with Gasteiger partial charge in [0.25, 0.3) is 21.8 Å². The van der Waals surface area contributed by atoms with Crippen molar-refractivity contribution in [1.29, 1.82) is 0 Å². The van der Waals surface area contributed by atoms with E-state index in [1.807, 2.05) is 13.8 Å². The average Bonchev–Trinajstić information content (AvgIpc) is 2.62. The van der Waals surface area contributed by atoms with Crippen molar-refractivity contribution in [2.24, 2.45) is 5.41 Å². The molecule has 1 aromatic rings. The molecule has 25 heavy (non-hydrogen) atoms. The van der Waals surface area contributed by atoms with Gasteiger partial charge >= 0.3 is 0 Å². The number of benzene rings is 1. The Bertz CT molecular complexity index is 820. The number of fused-ring (bicyclic) bond motifs is 1. The molecular weight excluding hydrogens is 340 g/mol. The maximum atomic E-state index is 12.6. The van der Waals surface area contributed by atoms with Gasteiger partial charge in [-0.15, -0.1) is 0 Å². The van der Waals surface area contributed by atoms with Crippen molar-refractivity contribution in [2.75, 3.05) is 6.54 Å². The number of carbonyl (C=O) groups is 2. The molecule has 1 heterocycles. The largest absolute Gasteiger partial charge is 0.347 e. The monoisotopic (exact) mass is 366 g/mol. The topological polar surface area (TPSA) is 83.6 Å². The first kappa shape index (κ1) is 19.4. The van der Waals surface area contributed by atoms with Crippen LogP contribution in [0.1, 0.15) is 68.7 Å². The molecule has 6 nitrogen and oxygen atoms in total. The predicted molar refractivity (Wildman–Crippen MR) is 96.0 cm³/mol. The third kappa shape index (κ3) is 3.86. The highest BCUT2D eigenvalue weighted by molar-refractivity contribution is 7.90. The van der Waals surface area contributed by atoms with Crippen LogP contribution in [0.3, 0.4) is 0 Å². The molecule has 0 aliphatic carbocycles. The van der Waals surface area contributed by atoms with Crippen molar-refractivity contribution < 1.29 is 18.0 Å². The molecule has 1 aliphatic rings. The number of rotatable bonds is 4. The highest BCUT2D eigenvalue weighted by Gasteiger charge is 2.40. The van der Waals surface area contributed by atoms with Gasteiger partial charge in [-0.2, -0.15) is 0 Å². The van der Waals surface area contributed by atoms with Crippen LogP contribution in [0.2, 0.25) is 0 Å². The number of carbonyl (C=O) groups excluding carboxylic acids is 2. The summed E-state index contributed by atoms with van der Waals surface area (Å²) in [5, 5.41) is 2.95. The summed E-state index contributed by atoms with van der Waals surface area (Å²) in [4.78, 5) is 24.6. The van der Waals surface area contributed by atoms with Gasteiger partial charge in [0.1, 0.15) is 4.90 Å². The Balaban J connectivity index is 2.33. The van der Waals surface area contributed by atoms with Crippen LogP contribution < -0.4 is 5.32 Å². The van der Waals surface area contributed by atoms with Crippen LogP contribution in [0.15, 0.2) is 23.1 Å². The third-order valence-electron chi connectivity index (χ3n) is 3.98. The summed E-state index contributed by atoms with van der Waals surface area (Å²) in [6, 6.07) is 4.20. The molecule has 2 amide bonds. The molecule has 7 heteroatoms. The molecule has 0 aromatic heterocycles. The lowest BCUT2D eigenvalue weighted by atomic mass is 9.81. The molecule has 0 unspecified atom stereocenters. The van der Waals surface area contributed by atoms with Gasteiger partial charge in [-0.1, -0.05) is 20.8 Å². The van der Waals surface area contributed by atoms with Gasteiger partial charge in [-0.05, 0) is 50.8 Å². The molecule has 0 bridgehead atoms. The molecule has 0 saturated carbocycles. The van der Waals surface area contributed by atoms with E-state index in [1.54, 1.807) is 6.92 Å². The van der Waals surface area contributed by atoms with E-state index in [2.05, 4.69) is 26.1 Å². The van der Waals surface area contributed by atoms with Gasteiger partial charge in [0.05, 0.1) is 5.56 Å². The van der Waals surface area contributed by atoms with Crippen molar-refractivity contribution in [1.82, 2.24) is 9.62 Å². The number of nitrogens with one attached hydrogen (secondary N) is 1. The summed E-state index contributed by atoms with van der Waals surface area (Å²) < 4.78 is 25.7. The third-order valence-corrected chi connectivity index (χ3v) is 5.88. The summed E-state index contributed by atoms with van der Waals surface area (Å²) in [7, 11) is -3.87. The highest BCUT2D eigenvalue weighted by Crippen LogP contribution is 2.31. The summed E-state index contributed by atoms with van der Waals surface area (Å²) in [6.07, 6.45) is 0.761. The maximum Gasteiger partial charge on any atom is 0.268 e. The molecule has 0 radical (unpaired) electrons. The van der Waals surface area contributed by atoms with E-state index in [4.69, 9.17) is 0 Å². The van der Waals surface area contributed by atoms with Gasteiger partial charge in [0, 0.05) is 17.6 Å². The first-order valence-corrected chi connectivity index (χ1v) is 9.76. The van der Waals surface area contributed by atoms with E-state index >= 15 is 0 Å². The number of nitrogens with zero attached hydrogens (tertiary/aromatic N) is 1. The smallest absolute Gasteiger partial charge is 0.268 e. The van der Waals surface area contributed by atoms with Gasteiger partial charge < -0.3 is 5.32 Å². The Morgan fingerprint density at radius 1 is 1.16 bits per heavy atom. The first-order chi connectivity index (χ1) is 11.3. The quantitative estimate of drug-likeness (QED) is 0.888. The molecule has 138 valence electrons. The van der Waals surface area contributed by atoms with Crippen LogP contribution in [0.25, 0.3) is 0 Å². The Morgan fingerprint density at radius 3 is 2.28 bits per heavy atom. The zero-order valence-electron chi connectivity index (χ0n) is 15.6. The lowest BCUT2D eigenvalue weighted by molar-refractivity contribution is 0.0868. The van der Waals surface area contributed by atoms with E-state index in [1.165, 1.54) is 18.2 Å². The summed E-state index contributed by atoms with van der Waals surface area (Å²) in [5.41, 5.74) is -0.0626. The van der Waals surface area contributed by atoms with Gasteiger partial charge in [-0.3, -0.25) is 9.59 Å². The molecular formula is C18H26N2O4S. The van der Waals surface area contributed by atoms with E-state index < -0.39 is 21.5 Å². The standard InChI is InChI=1S/C18H26N2O4S/c1-7-20-16(22)13-9-8-12(10-14(13)25(20,23)24)15(21)19-18(5,6)11-17(2,3)4/h8-10H,7,11H2,1-6H3,(H,19,21). The Kier molecular flexibility index (Phi) is 4.76. The van der Waals surface area contributed by atoms with Crippen molar-refractivity contribution in [2.45, 2.75) is 58.4 Å². The van der Waals surface area contributed by atoms with Crippen LogP contribution in [-0.4, -0.2) is 36.6 Å². The van der Waals surface area contributed by atoms with E-state index in [0.717, 1.165) is 10.7 Å². The zero-order chi connectivity index (χ0) is 19.2. The fourth-order valence-corrected chi connectivity index (χ4v) is 5.08. The van der Waals surface area contributed by atoms with Crippen molar-refractivity contribution in [3.63, 3.8) is 0 Å². The van der Waals surface area contributed by atoms with E-state index in [-0.39, 0.29) is 33.9 Å². The van der Waals surface area contributed by atoms with Crippen LogP contribution in [0.5, 0.6) is 0 Å². The fourth-order valence-electron chi connectivity index (χ4n) is 3.48. The molecule has 1 N–H and O–H groups in total. The minimum atomic E-state index is -3.87. The highest BCUT2D eigenvalue weighted by atomic mass is 32.2. The molecule has 0 saturated heterocycles. The van der Waals surface area contributed by atoms with Gasteiger partial charge in [0.15, 0.2) is 0 Å². The number of sulfonamides is 1. The average molecular weight is 366 g/mol. The van der Waals surface area contributed by atoms with Crippen LogP contribution in [-0.2, 0) is 10.0 Å². The van der Waals surface area contributed by atoms with Crippen LogP contribution in [0, 0.1) is 5.41 Å². The second-order valence-corrected chi connectivity index (χ2v) is 10.1. The zero-order valence-corrected chi connectivity index (χ0v) is 16.5. The minimum Gasteiger partial charge on any atom is -0.347 e. The molecule has 1 aromatic carbocycles. The van der Waals surface area contributed by atoms with Crippen molar-refractivity contribution in [3.05, 3.63) is 29.3 Å². The summed E-state index contributed by atoms with van der Waals surface area (Å²) >= 11 is 0. The number of hydrogen-bond acceptors (Lipinski definition) is 4. The SMILES string of the molecule is CCN1C(=O)c2ccc(C(=O)NC(C)(C)CC(C)(C)C)cc2S1(=O)=O. The molecule has 2 rings (SSSR count). The predicted octanol–water partition coefficient (Wildman–Crippen LogP) is 2.80. The molecule has 0 spiro atoms. The molecule has 0 fully saturated rings. The number of amides is 2. The molecule has 0 atom stereocenters. The molecule has 1 aliphatic heterocycles. The Hall–Kier alpha value is -1.89. The second kappa shape index (κ2) is 6.12. The van der Waals surface area contributed by atoms with E-state index in [9.17, 15) is 18.0 Å². The Morgan fingerprint density at radius 2 is 1.76 bits per heavy atom. The van der Waals surface area contributed by atoms with Gasteiger partial charge in [-0.25, -0.2) is 12.7 Å². The maximum absolute atomic E-state index is 12.6. The fraction of sp³-hybridized carbons (Fsp3) is 0.556. The van der Waals surface area contributed by atoms with Crippen LogP contribution in [0.4, 0.5) is 0 Å². The van der Waals surface area contributed by atoms with Crippen molar-refractivity contribution in [3.8, 4) is 0 Å². The lowest BCUT2D eigenvalue weighted by Crippen LogP contribution is -2.45. The summed E-state index contributed by atoms with van der Waals surface area (Å²) in [6.45, 7) is 11.8. The van der Waals surface area contributed by atoms with Gasteiger partial charge in [0.2, 0.25) is 0 Å². The second-order valence-electron chi connectivity index (χ2n) is 8.26. The number of hydrogen-bond donors (Lipinski definition) is 1. The summed E-state index contributed by atoms with van der Waals surface area (Å²) in [5.74, 6) is -0.896. The first-order valence-electron chi connectivity index (χ1n) is 8.32. The van der Waals surface area contributed by atoms with Crippen molar-refractivity contribution >= 4 is 21.8 Å². The minimum absolute atomic E-state index is 0.0338. The lowest BCUT2D eigenvalue weighted by Gasteiger charge is -2.33. The van der Waals surface area contributed by atoms with Crippen LogP contribution >= 0.6 is 0 Å². The Labute approximate surface area is 149 Å². The van der Waals surface area contributed by atoms with E-state index in [0.29, 0.717) is 0 Å². The normalized spacial score (nSPS) is 16.7.